The Morgan fingerprint density at radius 1 is 1.19 bits per heavy atom. The summed E-state index contributed by atoms with van der Waals surface area (Å²) < 4.78 is 32.6. The molecule has 2 aromatic rings. The van der Waals surface area contributed by atoms with Crippen molar-refractivity contribution in [2.75, 3.05) is 0 Å². The quantitative estimate of drug-likeness (QED) is 0.488. The van der Waals surface area contributed by atoms with Gasteiger partial charge in [0.25, 0.3) is 0 Å². The average molecular weight is 293 g/mol. The number of hydrogen-bond acceptors (Lipinski definition) is 4. The molecule has 0 saturated carbocycles. The van der Waals surface area contributed by atoms with Crippen molar-refractivity contribution in [3.63, 3.8) is 0 Å². The Bertz CT molecular complexity index is 708. The van der Waals surface area contributed by atoms with Gasteiger partial charge >= 0.3 is 5.69 Å². The first-order valence-electron chi connectivity index (χ1n) is 5.80. The van der Waals surface area contributed by atoms with E-state index in [2.05, 4.69) is 0 Å². The molecular formula is C14H9F2NO4. The van der Waals surface area contributed by atoms with Crippen molar-refractivity contribution in [3.05, 3.63) is 63.2 Å². The number of nitro benzene ring substituents is 1. The molecule has 0 fully saturated rings. The molecule has 0 aliphatic heterocycles. The van der Waals surface area contributed by atoms with E-state index in [0.717, 1.165) is 18.2 Å². The molecule has 2 aromatic carbocycles. The number of rotatable bonds is 4. The lowest BCUT2D eigenvalue weighted by Gasteiger charge is -2.10. The minimum atomic E-state index is -1.12. The van der Waals surface area contributed by atoms with E-state index in [1.165, 1.54) is 19.1 Å². The molecule has 0 radical (unpaired) electrons. The average Bonchev–Trinajstić information content (AvgIpc) is 2.43. The standard InChI is InChI=1S/C14H9F2NO4/c1-8-3-2-4-12(17(19)20)13(8)21-14-10(15)5-9(7-18)6-11(14)16/h2-7H,1H3. The number of benzene rings is 2. The van der Waals surface area contributed by atoms with E-state index in [9.17, 15) is 23.7 Å². The first kappa shape index (κ1) is 14.6. The fourth-order valence-corrected chi connectivity index (χ4v) is 1.76. The van der Waals surface area contributed by atoms with Crippen LogP contribution in [0.2, 0.25) is 0 Å². The molecule has 0 unspecified atom stereocenters. The topological polar surface area (TPSA) is 69.4 Å². The van der Waals surface area contributed by atoms with Crippen molar-refractivity contribution in [2.24, 2.45) is 0 Å². The summed E-state index contributed by atoms with van der Waals surface area (Å²) in [5.41, 5.74) is -0.257. The zero-order chi connectivity index (χ0) is 15.6. The summed E-state index contributed by atoms with van der Waals surface area (Å²) in [6.45, 7) is 1.51. The highest BCUT2D eigenvalue weighted by atomic mass is 19.1. The Morgan fingerprint density at radius 3 is 2.33 bits per heavy atom. The lowest BCUT2D eigenvalue weighted by atomic mass is 10.2. The molecule has 108 valence electrons. The molecule has 0 N–H and O–H groups in total. The van der Waals surface area contributed by atoms with Crippen LogP contribution in [0.25, 0.3) is 0 Å². The summed E-state index contributed by atoms with van der Waals surface area (Å²) in [5, 5.41) is 10.9. The van der Waals surface area contributed by atoms with E-state index in [1.807, 2.05) is 0 Å². The second kappa shape index (κ2) is 5.66. The van der Waals surface area contributed by atoms with E-state index in [-0.39, 0.29) is 17.6 Å². The number of para-hydroxylation sites is 1. The molecule has 5 nitrogen and oxygen atoms in total. The molecular weight excluding hydrogens is 284 g/mol. The Balaban J connectivity index is 2.53. The number of halogens is 2. The Kier molecular flexibility index (Phi) is 3.93. The van der Waals surface area contributed by atoms with Crippen LogP contribution in [0.5, 0.6) is 11.5 Å². The van der Waals surface area contributed by atoms with Gasteiger partial charge in [-0.05, 0) is 24.6 Å². The number of ether oxygens (including phenoxy) is 1. The van der Waals surface area contributed by atoms with Gasteiger partial charge in [-0.15, -0.1) is 0 Å². The number of aryl methyl sites for hydroxylation is 1. The summed E-state index contributed by atoms with van der Waals surface area (Å²) in [5.74, 6) is -3.28. The second-order valence-electron chi connectivity index (χ2n) is 4.21. The molecule has 0 aliphatic rings. The van der Waals surface area contributed by atoms with Crippen LogP contribution in [0.4, 0.5) is 14.5 Å². The van der Waals surface area contributed by atoms with Crippen molar-refractivity contribution >= 4 is 12.0 Å². The summed E-state index contributed by atoms with van der Waals surface area (Å²) in [6.07, 6.45) is 0.284. The van der Waals surface area contributed by atoms with Gasteiger partial charge in [0.05, 0.1) is 4.92 Å². The SMILES string of the molecule is Cc1cccc([N+](=O)[O-])c1Oc1c(F)cc(C=O)cc1F. The summed E-state index contributed by atoms with van der Waals surface area (Å²) in [7, 11) is 0. The summed E-state index contributed by atoms with van der Waals surface area (Å²) >= 11 is 0. The number of carbonyl (C=O) groups is 1. The van der Waals surface area contributed by atoms with Gasteiger partial charge in [0.15, 0.2) is 17.4 Å². The maximum absolute atomic E-state index is 13.8. The van der Waals surface area contributed by atoms with E-state index in [0.29, 0.717) is 5.56 Å². The van der Waals surface area contributed by atoms with Crippen molar-refractivity contribution < 1.29 is 23.2 Å². The molecule has 2 rings (SSSR count). The zero-order valence-corrected chi connectivity index (χ0v) is 10.8. The molecule has 0 heterocycles. The molecule has 0 bridgehead atoms. The number of hydrogen-bond donors (Lipinski definition) is 0. The molecule has 0 amide bonds. The van der Waals surface area contributed by atoms with Crippen molar-refractivity contribution in [2.45, 2.75) is 6.92 Å². The predicted octanol–water partition coefficient (Wildman–Crippen LogP) is 3.79. The van der Waals surface area contributed by atoms with Gasteiger partial charge in [-0.25, -0.2) is 8.78 Å². The van der Waals surface area contributed by atoms with Crippen LogP contribution >= 0.6 is 0 Å². The van der Waals surface area contributed by atoms with E-state index in [1.54, 1.807) is 0 Å². The van der Waals surface area contributed by atoms with Crippen LogP contribution in [0.3, 0.4) is 0 Å². The normalized spacial score (nSPS) is 10.2. The van der Waals surface area contributed by atoms with Crippen LogP contribution in [-0.2, 0) is 0 Å². The minimum Gasteiger partial charge on any atom is -0.444 e. The zero-order valence-electron chi connectivity index (χ0n) is 10.8. The largest absolute Gasteiger partial charge is 0.444 e. The number of nitrogens with zero attached hydrogens (tertiary/aromatic N) is 1. The molecule has 0 atom stereocenters. The third-order valence-electron chi connectivity index (χ3n) is 2.75. The molecule has 0 saturated heterocycles. The van der Waals surface area contributed by atoms with Gasteiger partial charge in [0, 0.05) is 11.6 Å². The number of nitro groups is 1. The van der Waals surface area contributed by atoms with E-state index in [4.69, 9.17) is 4.74 Å². The highest BCUT2D eigenvalue weighted by molar-refractivity contribution is 5.75. The van der Waals surface area contributed by atoms with Crippen molar-refractivity contribution in [1.82, 2.24) is 0 Å². The third-order valence-corrected chi connectivity index (χ3v) is 2.75. The lowest BCUT2D eigenvalue weighted by molar-refractivity contribution is -0.385. The molecule has 0 aromatic heterocycles. The summed E-state index contributed by atoms with van der Waals surface area (Å²) in [4.78, 5) is 20.7. The minimum absolute atomic E-state index is 0.198. The fourth-order valence-electron chi connectivity index (χ4n) is 1.76. The van der Waals surface area contributed by atoms with Crippen LogP contribution in [0, 0.1) is 28.7 Å². The molecule has 0 spiro atoms. The van der Waals surface area contributed by atoms with Crippen molar-refractivity contribution in [1.29, 1.82) is 0 Å². The van der Waals surface area contributed by atoms with Gasteiger partial charge in [0.1, 0.15) is 6.29 Å². The van der Waals surface area contributed by atoms with Crippen LogP contribution in [-0.4, -0.2) is 11.2 Å². The molecule has 0 aliphatic carbocycles. The first-order valence-corrected chi connectivity index (χ1v) is 5.80. The van der Waals surface area contributed by atoms with Crippen LogP contribution < -0.4 is 4.74 Å². The number of carbonyl (C=O) groups excluding carboxylic acids is 1. The van der Waals surface area contributed by atoms with Crippen LogP contribution in [0.15, 0.2) is 30.3 Å². The Labute approximate surface area is 117 Å². The van der Waals surface area contributed by atoms with Gasteiger partial charge in [-0.3, -0.25) is 14.9 Å². The second-order valence-corrected chi connectivity index (χ2v) is 4.21. The smallest absolute Gasteiger partial charge is 0.311 e. The third kappa shape index (κ3) is 2.86. The highest BCUT2D eigenvalue weighted by Gasteiger charge is 2.21. The summed E-state index contributed by atoms with van der Waals surface area (Å²) in [6, 6.07) is 5.68. The van der Waals surface area contributed by atoms with Gasteiger partial charge in [-0.1, -0.05) is 12.1 Å². The predicted molar refractivity (Wildman–Crippen MR) is 69.7 cm³/mol. The maximum Gasteiger partial charge on any atom is 0.311 e. The Morgan fingerprint density at radius 2 is 1.81 bits per heavy atom. The van der Waals surface area contributed by atoms with Gasteiger partial charge in [-0.2, -0.15) is 0 Å². The lowest BCUT2D eigenvalue weighted by Crippen LogP contribution is -1.99. The molecule has 7 heteroatoms. The first-order chi connectivity index (χ1) is 9.93. The van der Waals surface area contributed by atoms with Crippen molar-refractivity contribution in [3.8, 4) is 11.5 Å². The Hall–Kier alpha value is -2.83. The van der Waals surface area contributed by atoms with E-state index >= 15 is 0 Å². The highest BCUT2D eigenvalue weighted by Crippen LogP contribution is 2.36. The van der Waals surface area contributed by atoms with Gasteiger partial charge in [0.2, 0.25) is 5.75 Å². The molecule has 21 heavy (non-hydrogen) atoms. The van der Waals surface area contributed by atoms with E-state index < -0.39 is 28.0 Å². The monoisotopic (exact) mass is 293 g/mol. The fraction of sp³-hybridized carbons (Fsp3) is 0.0714. The van der Waals surface area contributed by atoms with Crippen LogP contribution in [0.1, 0.15) is 15.9 Å². The maximum atomic E-state index is 13.8. The van der Waals surface area contributed by atoms with Gasteiger partial charge < -0.3 is 4.74 Å². The number of aldehydes is 1.